The zero-order chi connectivity index (χ0) is 14.7. The molecule has 1 amide bonds. The van der Waals surface area contributed by atoms with Crippen molar-refractivity contribution in [3.8, 4) is 0 Å². The fourth-order valence-electron chi connectivity index (χ4n) is 2.50. The molecule has 1 aliphatic rings. The number of rotatable bonds is 3. The Kier molecular flexibility index (Phi) is 5.02. The maximum absolute atomic E-state index is 12.4. The van der Waals surface area contributed by atoms with Crippen LogP contribution in [0.15, 0.2) is 24.3 Å². The Hall–Kier alpha value is -1.10. The molecule has 0 aromatic heterocycles. The van der Waals surface area contributed by atoms with Crippen LogP contribution < -0.4 is 5.73 Å². The molecule has 4 nitrogen and oxygen atoms in total. The lowest BCUT2D eigenvalue weighted by atomic mass is 10.1. The smallest absolute Gasteiger partial charge is 0.244 e. The van der Waals surface area contributed by atoms with Crippen molar-refractivity contribution < 1.29 is 4.79 Å². The summed E-state index contributed by atoms with van der Waals surface area (Å²) in [5, 5.41) is 0.607. The molecule has 1 atom stereocenters. The van der Waals surface area contributed by atoms with Crippen molar-refractivity contribution in [2.45, 2.75) is 25.9 Å². The third-order valence-electron chi connectivity index (χ3n) is 3.83. The standard InChI is InChI=1S/C15H22ClN3O/c1-11(2)18-6-8-19(9-7-18)15(20)14(17)12-4-3-5-13(16)10-12/h3-5,10-11,14H,6-9,17H2,1-2H3. The van der Waals surface area contributed by atoms with E-state index in [1.807, 2.05) is 17.0 Å². The van der Waals surface area contributed by atoms with Gasteiger partial charge in [0.05, 0.1) is 0 Å². The van der Waals surface area contributed by atoms with Gasteiger partial charge in [-0.3, -0.25) is 9.69 Å². The number of amides is 1. The molecular formula is C15H22ClN3O. The zero-order valence-corrected chi connectivity index (χ0v) is 12.8. The second-order valence-corrected chi connectivity index (χ2v) is 5.92. The van der Waals surface area contributed by atoms with Gasteiger partial charge in [-0.05, 0) is 31.5 Å². The van der Waals surface area contributed by atoms with Gasteiger partial charge in [0.1, 0.15) is 6.04 Å². The number of carbonyl (C=O) groups is 1. The Bertz CT molecular complexity index is 470. The van der Waals surface area contributed by atoms with Gasteiger partial charge < -0.3 is 10.6 Å². The quantitative estimate of drug-likeness (QED) is 0.926. The van der Waals surface area contributed by atoms with Gasteiger partial charge in [-0.25, -0.2) is 0 Å². The second-order valence-electron chi connectivity index (χ2n) is 5.49. The Morgan fingerprint density at radius 1 is 1.25 bits per heavy atom. The van der Waals surface area contributed by atoms with E-state index in [-0.39, 0.29) is 5.91 Å². The summed E-state index contributed by atoms with van der Waals surface area (Å²) in [4.78, 5) is 16.6. The summed E-state index contributed by atoms with van der Waals surface area (Å²) in [6.07, 6.45) is 0. The van der Waals surface area contributed by atoms with Crippen molar-refractivity contribution >= 4 is 17.5 Å². The van der Waals surface area contributed by atoms with Crippen LogP contribution in [-0.2, 0) is 4.79 Å². The van der Waals surface area contributed by atoms with E-state index in [0.29, 0.717) is 11.1 Å². The zero-order valence-electron chi connectivity index (χ0n) is 12.1. The van der Waals surface area contributed by atoms with E-state index in [1.165, 1.54) is 0 Å². The van der Waals surface area contributed by atoms with E-state index in [0.717, 1.165) is 31.7 Å². The fourth-order valence-corrected chi connectivity index (χ4v) is 2.70. The highest BCUT2D eigenvalue weighted by Crippen LogP contribution is 2.19. The molecule has 2 N–H and O–H groups in total. The normalized spacial score (nSPS) is 18.4. The van der Waals surface area contributed by atoms with Gasteiger partial charge in [-0.15, -0.1) is 0 Å². The molecule has 110 valence electrons. The van der Waals surface area contributed by atoms with Gasteiger partial charge in [-0.2, -0.15) is 0 Å². The molecule has 2 rings (SSSR count). The molecule has 1 aromatic carbocycles. The first-order chi connectivity index (χ1) is 9.49. The van der Waals surface area contributed by atoms with Gasteiger partial charge in [0.15, 0.2) is 0 Å². The second kappa shape index (κ2) is 6.57. The van der Waals surface area contributed by atoms with Crippen LogP contribution in [0.4, 0.5) is 0 Å². The average molecular weight is 296 g/mol. The average Bonchev–Trinajstić information content (AvgIpc) is 2.46. The van der Waals surface area contributed by atoms with Gasteiger partial charge in [0.25, 0.3) is 0 Å². The SMILES string of the molecule is CC(C)N1CCN(C(=O)C(N)c2cccc(Cl)c2)CC1. The molecule has 1 saturated heterocycles. The number of carbonyl (C=O) groups excluding carboxylic acids is 1. The molecule has 0 saturated carbocycles. The summed E-state index contributed by atoms with van der Waals surface area (Å²) in [5.74, 6) is -0.0179. The van der Waals surface area contributed by atoms with Crippen molar-refractivity contribution in [3.63, 3.8) is 0 Å². The molecular weight excluding hydrogens is 274 g/mol. The highest BCUT2D eigenvalue weighted by Gasteiger charge is 2.26. The molecule has 0 spiro atoms. The Morgan fingerprint density at radius 3 is 2.45 bits per heavy atom. The highest BCUT2D eigenvalue weighted by molar-refractivity contribution is 6.30. The van der Waals surface area contributed by atoms with E-state index in [4.69, 9.17) is 17.3 Å². The van der Waals surface area contributed by atoms with Gasteiger partial charge >= 0.3 is 0 Å². The number of halogens is 1. The van der Waals surface area contributed by atoms with Crippen LogP contribution in [0.5, 0.6) is 0 Å². The third kappa shape index (κ3) is 3.51. The van der Waals surface area contributed by atoms with Crippen LogP contribution in [0, 0.1) is 0 Å². The van der Waals surface area contributed by atoms with E-state index < -0.39 is 6.04 Å². The minimum absolute atomic E-state index is 0.0179. The lowest BCUT2D eigenvalue weighted by Gasteiger charge is -2.37. The van der Waals surface area contributed by atoms with Crippen LogP contribution in [-0.4, -0.2) is 47.9 Å². The number of nitrogens with zero attached hydrogens (tertiary/aromatic N) is 2. The number of nitrogens with two attached hydrogens (primary N) is 1. The monoisotopic (exact) mass is 295 g/mol. The van der Waals surface area contributed by atoms with Gasteiger partial charge in [-0.1, -0.05) is 23.7 Å². The summed E-state index contributed by atoms with van der Waals surface area (Å²) in [7, 11) is 0. The van der Waals surface area contributed by atoms with Crippen molar-refractivity contribution in [1.29, 1.82) is 0 Å². The van der Waals surface area contributed by atoms with Gasteiger partial charge in [0, 0.05) is 37.2 Å². The van der Waals surface area contributed by atoms with Crippen molar-refractivity contribution in [3.05, 3.63) is 34.9 Å². The van der Waals surface area contributed by atoms with Gasteiger partial charge in [0.2, 0.25) is 5.91 Å². The number of hydrogen-bond donors (Lipinski definition) is 1. The molecule has 0 aliphatic carbocycles. The lowest BCUT2D eigenvalue weighted by molar-refractivity contribution is -0.134. The van der Waals surface area contributed by atoms with Crippen LogP contribution in [0.3, 0.4) is 0 Å². The molecule has 0 bridgehead atoms. The summed E-state index contributed by atoms with van der Waals surface area (Å²) in [5.41, 5.74) is 6.84. The van der Waals surface area contributed by atoms with E-state index >= 15 is 0 Å². The molecule has 1 unspecified atom stereocenters. The maximum atomic E-state index is 12.4. The Morgan fingerprint density at radius 2 is 1.90 bits per heavy atom. The predicted molar refractivity (Wildman–Crippen MR) is 81.7 cm³/mol. The first-order valence-electron chi connectivity index (χ1n) is 7.03. The van der Waals surface area contributed by atoms with E-state index in [1.54, 1.807) is 12.1 Å². The minimum Gasteiger partial charge on any atom is -0.338 e. The summed E-state index contributed by atoms with van der Waals surface area (Å²) in [6, 6.07) is 7.10. The summed E-state index contributed by atoms with van der Waals surface area (Å²) in [6.45, 7) is 7.65. The molecule has 1 fully saturated rings. The minimum atomic E-state index is -0.626. The molecule has 1 aromatic rings. The number of benzene rings is 1. The molecule has 0 radical (unpaired) electrons. The van der Waals surface area contributed by atoms with Crippen molar-refractivity contribution in [2.24, 2.45) is 5.73 Å². The number of piperazine rings is 1. The largest absolute Gasteiger partial charge is 0.338 e. The first kappa shape index (κ1) is 15.3. The highest BCUT2D eigenvalue weighted by atomic mass is 35.5. The molecule has 1 aliphatic heterocycles. The van der Waals surface area contributed by atoms with Crippen LogP contribution in [0.2, 0.25) is 5.02 Å². The van der Waals surface area contributed by atoms with Crippen LogP contribution in [0.1, 0.15) is 25.5 Å². The van der Waals surface area contributed by atoms with E-state index in [9.17, 15) is 4.79 Å². The van der Waals surface area contributed by atoms with Crippen LogP contribution >= 0.6 is 11.6 Å². The third-order valence-corrected chi connectivity index (χ3v) is 4.07. The number of hydrogen-bond acceptors (Lipinski definition) is 3. The molecule has 5 heteroatoms. The molecule has 1 heterocycles. The predicted octanol–water partition coefficient (Wildman–Crippen LogP) is 1.89. The van der Waals surface area contributed by atoms with Crippen molar-refractivity contribution in [2.75, 3.05) is 26.2 Å². The first-order valence-corrected chi connectivity index (χ1v) is 7.40. The van der Waals surface area contributed by atoms with E-state index in [2.05, 4.69) is 18.7 Å². The van der Waals surface area contributed by atoms with Crippen LogP contribution in [0.25, 0.3) is 0 Å². The molecule has 20 heavy (non-hydrogen) atoms. The fraction of sp³-hybridized carbons (Fsp3) is 0.533. The summed E-state index contributed by atoms with van der Waals surface area (Å²) >= 11 is 5.95. The summed E-state index contributed by atoms with van der Waals surface area (Å²) < 4.78 is 0. The lowest BCUT2D eigenvalue weighted by Crippen LogP contribution is -2.52. The Balaban J connectivity index is 1.98. The van der Waals surface area contributed by atoms with Crippen molar-refractivity contribution in [1.82, 2.24) is 9.80 Å². The topological polar surface area (TPSA) is 49.6 Å². The Labute approximate surface area is 125 Å². The maximum Gasteiger partial charge on any atom is 0.244 e.